The number of benzene rings is 4. The van der Waals surface area contributed by atoms with Gasteiger partial charge >= 0.3 is 5.97 Å². The highest BCUT2D eigenvalue weighted by molar-refractivity contribution is 5.81. The Labute approximate surface area is 828 Å². The van der Waals surface area contributed by atoms with Gasteiger partial charge in [0.2, 0.25) is 6.29 Å². The number of azide groups is 1. The average molecular weight is 1950 g/mol. The molecular formula is C112H157N3O25. The number of carbonyl (C=O) groups excluding carboxylic acids is 3. The molecule has 5 aliphatic carbocycles. The van der Waals surface area contributed by atoms with Gasteiger partial charge in [-0.25, -0.2) is 0 Å². The Morgan fingerprint density at radius 3 is 1.83 bits per heavy atom. The van der Waals surface area contributed by atoms with Crippen molar-refractivity contribution in [3.8, 4) is 0 Å². The lowest BCUT2D eigenvalue weighted by molar-refractivity contribution is -0.374. The summed E-state index contributed by atoms with van der Waals surface area (Å²) in [5.74, 6) is -2.75. The number of carbonyl (C=O) groups is 3. The molecule has 0 N–H and O–H groups in total. The lowest BCUT2D eigenvalue weighted by Crippen LogP contribution is -2.69. The summed E-state index contributed by atoms with van der Waals surface area (Å²) in [5, 5.41) is 4.46. The first-order valence-electron chi connectivity index (χ1n) is 52.4. The van der Waals surface area contributed by atoms with Crippen LogP contribution in [0.3, 0.4) is 0 Å². The molecule has 18 unspecified atom stereocenters. The molecule has 0 amide bonds. The molecule has 42 atom stereocenters. The number of aldehydes is 1. The standard InChI is InChI=1S/C112H157N3O25/c1-22-79-65(5)64(4)67(7)98(127-79)135-93-89(132-96-66(6)63(3)62(2)53-123-96)69(9)87(71(11)117)130-101(93)129-84-46-47-107(17)82(108(84,18)59-116)45-48-109(19)83(107)44-43-77-78-51-105(13,14)49-50-112(78,85(119-21)52-110(77,109)20)104(118)137-100-90(68(8)86(114-115-113)80(128-100)57-120-54-73-35-27-23-28-36-73)133-102-94-92(138-106(15,16)139-94)91(72(12)126-102)134-97-70(10)88(81(58-124-97)122-56-75-39-31-25-32-40-75)131-103-95-111(61-125-103,60-121-55-74-37-29-24-30-38-74)140-99(136-95)76-41-33-26-34-42-76/h23-43,59,62-70,72,78-103H,22,44-58,60-61H2,1-21H3/t62-,63+,64+,65-,66?,67?,68?,69-,70?,72?,78?,79?,80?,81-,82-,83?,84+,85?,86-,87?,88?,89+,90?,91+,92?,93?,94?,95-,96+,97+,98+,99+,100+,101-,102+,103+,107?,108-,109+,110-,111?,112-/m1/s1. The van der Waals surface area contributed by atoms with Crippen molar-refractivity contribution < 1.29 is 119 Å². The minimum atomic E-state index is -1.44. The van der Waals surface area contributed by atoms with Crippen molar-refractivity contribution in [2.75, 3.05) is 40.1 Å². The van der Waals surface area contributed by atoms with Crippen molar-refractivity contribution >= 4 is 18.0 Å². The lowest BCUT2D eigenvalue weighted by Gasteiger charge is -2.71. The molecule has 0 radical (unpaired) electrons. The third-order valence-electron chi connectivity index (χ3n) is 37.1. The van der Waals surface area contributed by atoms with Gasteiger partial charge in [-0.15, -0.1) is 0 Å². The van der Waals surface area contributed by atoms with Crippen molar-refractivity contribution in [2.24, 2.45) is 109 Å². The number of methoxy groups -OCH3 is 1. The molecular weight excluding hydrogens is 1790 g/mol. The molecule has 0 spiro atoms. The molecule has 9 saturated heterocycles. The maximum Gasteiger partial charge on any atom is 0.317 e. The van der Waals surface area contributed by atoms with Crippen LogP contribution in [0.2, 0.25) is 0 Å². The predicted octanol–water partition coefficient (Wildman–Crippen LogP) is 19.2. The number of Topliss-reactive ketones (excluding diaryl/α,β-unsaturated/α-hetero) is 1. The van der Waals surface area contributed by atoms with Gasteiger partial charge in [-0.2, -0.15) is 0 Å². The van der Waals surface area contributed by atoms with Gasteiger partial charge in [-0.1, -0.05) is 249 Å². The molecule has 4 aromatic rings. The van der Waals surface area contributed by atoms with Crippen LogP contribution in [0, 0.1) is 104 Å². The molecule has 18 rings (SSSR count). The van der Waals surface area contributed by atoms with Crippen LogP contribution in [-0.4, -0.2) is 211 Å². The Morgan fingerprint density at radius 1 is 0.536 bits per heavy atom. The van der Waals surface area contributed by atoms with E-state index < -0.39 is 199 Å². The summed E-state index contributed by atoms with van der Waals surface area (Å²) in [6.45, 7) is 44.4. The van der Waals surface area contributed by atoms with Crippen LogP contribution < -0.4 is 0 Å². The second-order valence-corrected chi connectivity index (χ2v) is 46.5. The Morgan fingerprint density at radius 2 is 1.16 bits per heavy atom. The average Bonchev–Trinajstić information content (AvgIpc) is 0.685. The van der Waals surface area contributed by atoms with E-state index in [-0.39, 0.29) is 97.9 Å². The van der Waals surface area contributed by atoms with Gasteiger partial charge in [0.25, 0.3) is 0 Å². The smallest absolute Gasteiger partial charge is 0.317 e. The first-order chi connectivity index (χ1) is 66.9. The van der Waals surface area contributed by atoms with Gasteiger partial charge in [-0.05, 0) is 183 Å². The fourth-order valence-electron chi connectivity index (χ4n) is 28.0. The fraction of sp³-hybridized carbons (Fsp3) is 0.741. The summed E-state index contributed by atoms with van der Waals surface area (Å²) < 4.78 is 155. The van der Waals surface area contributed by atoms with Crippen LogP contribution in [-0.2, 0) is 138 Å². The van der Waals surface area contributed by atoms with Crippen molar-refractivity contribution in [3.63, 3.8) is 0 Å². The van der Waals surface area contributed by atoms with Crippen molar-refractivity contribution in [3.05, 3.63) is 166 Å². The summed E-state index contributed by atoms with van der Waals surface area (Å²) in [6, 6.07) is 38.7. The summed E-state index contributed by atoms with van der Waals surface area (Å²) in [4.78, 5) is 49.5. The Kier molecular flexibility index (Phi) is 31.1. The Hall–Kier alpha value is -6.10. The normalized spacial score (nSPS) is 45.7. The van der Waals surface area contributed by atoms with E-state index in [0.29, 0.717) is 75.9 Å². The van der Waals surface area contributed by atoms with Crippen LogP contribution in [0.4, 0.5) is 0 Å². The minimum Gasteiger partial charge on any atom is -0.432 e. The first-order valence-corrected chi connectivity index (χ1v) is 52.4. The van der Waals surface area contributed by atoms with Crippen molar-refractivity contribution in [1.82, 2.24) is 0 Å². The van der Waals surface area contributed by atoms with Crippen molar-refractivity contribution in [2.45, 2.75) is 382 Å². The molecule has 9 heterocycles. The maximum atomic E-state index is 17.1. The Bertz CT molecular complexity index is 4940. The van der Waals surface area contributed by atoms with E-state index in [4.69, 9.17) is 104 Å². The zero-order chi connectivity index (χ0) is 99.1. The highest BCUT2D eigenvalue weighted by Gasteiger charge is 2.74. The van der Waals surface area contributed by atoms with Crippen LogP contribution in [0.1, 0.15) is 231 Å². The number of rotatable bonds is 31. The summed E-state index contributed by atoms with van der Waals surface area (Å²) >= 11 is 0. The molecule has 140 heavy (non-hydrogen) atoms. The SMILES string of the molecule is CCC1O[C@@H](OC2[C@H](O[C@H]3CCC4(C)C5CC=C6C7CC(C)(C)CC[C@]7(C(=O)O[C@@H]7OC(COCc8ccccc8)[C@H](N=[N+]=[N-])C(C)C7O[C@@H]7OC(C)[C@H](O[C@@H]8OC[C@@H](OCc9ccccc9)C(O[C@@H]9OCC%10(COCc%11ccccc%11)O[C@@H](c%11ccccc%11)O[C@H]9%10)C8C)C8OC(C)(C)OC87)C(OC)C[C@@]6(C)[C@@]5(C)CC[C@H]4[C@@]3(C)C=O)OC(C(C)=O)[C@@H](C)[C@@H]2O[C@@H]2OC[C@@H](C)[C@H](C)C2C)C(C)[C@@H](C)[C@H]1C. The van der Waals surface area contributed by atoms with Crippen LogP contribution in [0.25, 0.3) is 10.4 Å². The van der Waals surface area contributed by atoms with E-state index in [1.807, 2.05) is 163 Å². The van der Waals surface area contributed by atoms with Gasteiger partial charge in [-0.3, -0.25) is 9.59 Å². The van der Waals surface area contributed by atoms with E-state index in [2.05, 4.69) is 106 Å². The number of hydrogen-bond acceptors (Lipinski definition) is 26. The molecule has 14 aliphatic rings. The van der Waals surface area contributed by atoms with E-state index >= 15 is 4.79 Å². The number of fused-ring (bicyclic) bond motifs is 9. The second kappa shape index (κ2) is 41.9. The summed E-state index contributed by atoms with van der Waals surface area (Å²) in [5.41, 5.74) is 10.8. The summed E-state index contributed by atoms with van der Waals surface area (Å²) in [7, 11) is 1.74. The Balaban J connectivity index is 0.617. The molecule has 28 nitrogen and oxygen atoms in total. The van der Waals surface area contributed by atoms with Gasteiger partial charge in [0.05, 0.1) is 107 Å². The highest BCUT2D eigenvalue weighted by atomic mass is 16.8. The molecule has 4 aromatic carbocycles. The quantitative estimate of drug-likeness (QED) is 0.00859. The molecule has 770 valence electrons. The number of ether oxygens (including phenoxy) is 22. The van der Waals surface area contributed by atoms with Crippen LogP contribution >= 0.6 is 0 Å². The molecule has 28 heteroatoms. The van der Waals surface area contributed by atoms with Crippen molar-refractivity contribution in [1.29, 1.82) is 0 Å². The zero-order valence-corrected chi connectivity index (χ0v) is 86.3. The lowest BCUT2D eigenvalue weighted by atomic mass is 9.33. The molecule has 4 saturated carbocycles. The number of allylic oxidation sites excluding steroid dienone is 2. The number of nitrogens with zero attached hydrogens (tertiary/aromatic N) is 3. The largest absolute Gasteiger partial charge is 0.432 e. The third kappa shape index (κ3) is 19.6. The summed E-state index contributed by atoms with van der Waals surface area (Å²) in [6.07, 6.45) is -8.76. The topological polar surface area (TPSA) is 303 Å². The van der Waals surface area contributed by atoms with E-state index in [1.165, 1.54) is 5.57 Å². The third-order valence-corrected chi connectivity index (χ3v) is 37.1. The second-order valence-electron chi connectivity index (χ2n) is 46.5. The van der Waals surface area contributed by atoms with Gasteiger partial charge < -0.3 is 109 Å². The van der Waals surface area contributed by atoms with Gasteiger partial charge in [0.1, 0.15) is 66.1 Å². The molecule has 13 fully saturated rings. The number of hydrogen-bond donors (Lipinski definition) is 0. The molecule has 0 bridgehead atoms. The van der Waals surface area contributed by atoms with Crippen LogP contribution in [0.5, 0.6) is 0 Å². The predicted molar refractivity (Wildman–Crippen MR) is 516 cm³/mol. The van der Waals surface area contributed by atoms with E-state index in [1.54, 1.807) is 14.0 Å². The van der Waals surface area contributed by atoms with Crippen LogP contribution in [0.15, 0.2) is 138 Å². The first kappa shape index (κ1) is 104. The number of ketones is 1. The maximum absolute atomic E-state index is 17.1. The van der Waals surface area contributed by atoms with Gasteiger partial charge in [0.15, 0.2) is 55.6 Å². The monoisotopic (exact) mass is 1940 g/mol. The van der Waals surface area contributed by atoms with E-state index in [0.717, 1.165) is 47.8 Å². The molecule has 0 aromatic heterocycles. The fourth-order valence-corrected chi connectivity index (χ4v) is 28.0. The van der Waals surface area contributed by atoms with Gasteiger partial charge in [0, 0.05) is 41.3 Å². The zero-order valence-electron chi connectivity index (χ0n) is 86.3. The number of esters is 1. The molecule has 9 aliphatic heterocycles. The van der Waals surface area contributed by atoms with E-state index in [9.17, 15) is 15.1 Å². The minimum absolute atomic E-state index is 0.00660. The highest BCUT2D eigenvalue weighted by Crippen LogP contribution is 2.77.